The van der Waals surface area contributed by atoms with Gasteiger partial charge in [0.25, 0.3) is 0 Å². The fourth-order valence-corrected chi connectivity index (χ4v) is 3.97. The van der Waals surface area contributed by atoms with Crippen molar-refractivity contribution in [1.29, 1.82) is 0 Å². The highest BCUT2D eigenvalue weighted by Gasteiger charge is 2.28. The average molecular weight is 486 g/mol. The first-order valence-corrected chi connectivity index (χ1v) is 12.6. The number of benzene rings is 1. The summed E-state index contributed by atoms with van der Waals surface area (Å²) in [5.41, 5.74) is 1.99. The molecule has 0 aliphatic heterocycles. The second-order valence-corrected chi connectivity index (χ2v) is 9.88. The molecule has 0 spiro atoms. The normalized spacial score (nSPS) is 13.2. The smallest absolute Gasteiger partial charge is 0.432 e. The molecule has 0 radical (unpaired) electrons. The zero-order chi connectivity index (χ0) is 25.0. The topological polar surface area (TPSA) is 140 Å². The summed E-state index contributed by atoms with van der Waals surface area (Å²) in [5, 5.41) is 5.17. The molecular weight excluding hydrogens is 450 g/mol. The van der Waals surface area contributed by atoms with Gasteiger partial charge in [-0.15, -0.1) is 0 Å². The lowest BCUT2D eigenvalue weighted by Crippen LogP contribution is -2.54. The highest BCUT2D eigenvalue weighted by molar-refractivity contribution is 7.89. The highest BCUT2D eigenvalue weighted by Crippen LogP contribution is 2.03. The molecule has 33 heavy (non-hydrogen) atoms. The van der Waals surface area contributed by atoms with E-state index < -0.39 is 52.8 Å². The van der Waals surface area contributed by atoms with Crippen molar-refractivity contribution in [2.24, 2.45) is 0 Å². The van der Waals surface area contributed by atoms with E-state index in [9.17, 15) is 22.8 Å². The van der Waals surface area contributed by atoms with Gasteiger partial charge in [-0.1, -0.05) is 43.2 Å². The molecule has 1 rings (SSSR count). The monoisotopic (exact) mass is 485 g/mol. The molecule has 0 saturated carbocycles. The second-order valence-electron chi connectivity index (χ2n) is 8.00. The van der Waals surface area contributed by atoms with Gasteiger partial charge in [0.1, 0.15) is 18.7 Å². The molecule has 0 aliphatic rings. The number of sulfonamides is 1. The van der Waals surface area contributed by atoms with Gasteiger partial charge in [0.05, 0.1) is 11.9 Å². The van der Waals surface area contributed by atoms with E-state index in [1.54, 1.807) is 13.8 Å². The van der Waals surface area contributed by atoms with Gasteiger partial charge in [0.2, 0.25) is 21.8 Å². The van der Waals surface area contributed by atoms with E-state index in [1.165, 1.54) is 6.92 Å². The van der Waals surface area contributed by atoms with Crippen LogP contribution in [0.1, 0.15) is 51.7 Å². The highest BCUT2D eigenvalue weighted by atomic mass is 32.2. The minimum atomic E-state index is -3.81. The number of hydrogen-bond donors (Lipinski definition) is 3. The van der Waals surface area contributed by atoms with E-state index >= 15 is 0 Å². The fourth-order valence-electron chi connectivity index (χ4n) is 2.58. The predicted molar refractivity (Wildman–Crippen MR) is 124 cm³/mol. The molecule has 0 aliphatic carbocycles. The van der Waals surface area contributed by atoms with Crippen LogP contribution in [0.2, 0.25) is 0 Å². The van der Waals surface area contributed by atoms with E-state index in [0.29, 0.717) is 12.8 Å². The molecule has 1 aromatic carbocycles. The summed E-state index contributed by atoms with van der Waals surface area (Å²) in [4.78, 5) is 36.8. The first kappa shape index (κ1) is 28.4. The molecule has 3 N–H and O–H groups in total. The van der Waals surface area contributed by atoms with E-state index in [2.05, 4.69) is 15.4 Å². The average Bonchev–Trinajstić information content (AvgIpc) is 2.73. The van der Waals surface area contributed by atoms with Crippen molar-refractivity contribution in [2.75, 3.05) is 12.4 Å². The Kier molecular flexibility index (Phi) is 11.9. The van der Waals surface area contributed by atoms with E-state index in [-0.39, 0.29) is 12.3 Å². The van der Waals surface area contributed by atoms with Crippen LogP contribution in [-0.2, 0) is 35.6 Å². The van der Waals surface area contributed by atoms with Crippen LogP contribution in [0.5, 0.6) is 0 Å². The Morgan fingerprint density at radius 3 is 2.24 bits per heavy atom. The Morgan fingerprint density at radius 2 is 1.67 bits per heavy atom. The Hall–Kier alpha value is -2.66. The molecule has 0 saturated heterocycles. The molecule has 1 aromatic rings. The predicted octanol–water partition coefficient (Wildman–Crippen LogP) is 1.77. The summed E-state index contributed by atoms with van der Waals surface area (Å²) in [7, 11) is -3.81. The Labute approximate surface area is 195 Å². The second kappa shape index (κ2) is 13.8. The molecule has 0 aromatic heterocycles. The number of ether oxygens (including phenoxy) is 2. The third kappa shape index (κ3) is 11.7. The number of rotatable bonds is 13. The molecule has 0 heterocycles. The standard InChI is InChI=1S/C22H35N3O7S/c1-6-7-12-33(29,30)25-19(14-31-22(28)32-15(2)3)21(27)24-17(5)20(26)23-13-18-10-8-16(4)9-11-18/h8-11,15,17,19,25H,6-7,12-14H2,1-5H3,(H,23,26)(H,24,27)/t17-,19+/m0/s1. The number of aryl methyl sites for hydroxylation is 1. The van der Waals surface area contributed by atoms with E-state index in [4.69, 9.17) is 9.47 Å². The summed E-state index contributed by atoms with van der Waals surface area (Å²) in [6, 6.07) is 5.24. The van der Waals surface area contributed by atoms with Gasteiger partial charge in [-0.25, -0.2) is 13.2 Å². The van der Waals surface area contributed by atoms with Gasteiger partial charge in [0, 0.05) is 6.54 Å². The van der Waals surface area contributed by atoms with Crippen molar-refractivity contribution in [1.82, 2.24) is 15.4 Å². The first-order chi connectivity index (χ1) is 15.4. The lowest BCUT2D eigenvalue weighted by Gasteiger charge is -2.21. The quantitative estimate of drug-likeness (QED) is 0.362. The third-order valence-electron chi connectivity index (χ3n) is 4.44. The lowest BCUT2D eigenvalue weighted by molar-refractivity contribution is -0.130. The van der Waals surface area contributed by atoms with Crippen LogP contribution in [0.4, 0.5) is 4.79 Å². The van der Waals surface area contributed by atoms with Crippen molar-refractivity contribution < 1.29 is 32.3 Å². The zero-order valence-corrected chi connectivity index (χ0v) is 20.7. The van der Waals surface area contributed by atoms with Gasteiger partial charge >= 0.3 is 6.16 Å². The lowest BCUT2D eigenvalue weighted by atomic mass is 10.1. The third-order valence-corrected chi connectivity index (χ3v) is 5.91. The van der Waals surface area contributed by atoms with Gasteiger partial charge in [-0.2, -0.15) is 4.72 Å². The molecule has 0 fully saturated rings. The first-order valence-electron chi connectivity index (χ1n) is 10.9. The maximum Gasteiger partial charge on any atom is 0.508 e. The Balaban J connectivity index is 2.75. The number of nitrogens with one attached hydrogen (secondary N) is 3. The Morgan fingerprint density at radius 1 is 1.03 bits per heavy atom. The van der Waals surface area contributed by atoms with Crippen LogP contribution in [0, 0.1) is 6.92 Å². The van der Waals surface area contributed by atoms with Gasteiger partial charge in [-0.05, 0) is 39.7 Å². The molecule has 2 amide bonds. The van der Waals surface area contributed by atoms with Crippen molar-refractivity contribution >= 4 is 28.0 Å². The van der Waals surface area contributed by atoms with Gasteiger partial charge in [-0.3, -0.25) is 9.59 Å². The van der Waals surface area contributed by atoms with Gasteiger partial charge in [0.15, 0.2) is 0 Å². The molecule has 2 atom stereocenters. The maximum atomic E-state index is 12.7. The molecule has 10 nitrogen and oxygen atoms in total. The van der Waals surface area contributed by atoms with Crippen molar-refractivity contribution in [3.8, 4) is 0 Å². The van der Waals surface area contributed by atoms with Crippen LogP contribution >= 0.6 is 0 Å². The minimum Gasteiger partial charge on any atom is -0.432 e. The summed E-state index contributed by atoms with van der Waals surface area (Å²) in [6.45, 7) is 8.20. The van der Waals surface area contributed by atoms with Crippen LogP contribution in [0.15, 0.2) is 24.3 Å². The zero-order valence-electron chi connectivity index (χ0n) is 19.8. The van der Waals surface area contributed by atoms with Crippen molar-refractivity contribution in [2.45, 2.75) is 72.2 Å². The molecular formula is C22H35N3O7S. The van der Waals surface area contributed by atoms with Crippen LogP contribution in [0.3, 0.4) is 0 Å². The maximum absolute atomic E-state index is 12.7. The molecule has 0 unspecified atom stereocenters. The number of carbonyl (C=O) groups is 3. The number of hydrogen-bond acceptors (Lipinski definition) is 7. The van der Waals surface area contributed by atoms with E-state index in [0.717, 1.165) is 11.1 Å². The number of carbonyl (C=O) groups excluding carboxylic acids is 3. The summed E-state index contributed by atoms with van der Waals surface area (Å²) >= 11 is 0. The largest absolute Gasteiger partial charge is 0.508 e. The molecule has 186 valence electrons. The number of amides is 2. The SMILES string of the molecule is CCCCS(=O)(=O)N[C@H](COC(=O)OC(C)C)C(=O)N[C@@H](C)C(=O)NCc1ccc(C)cc1. The Bertz CT molecular complexity index is 886. The minimum absolute atomic E-state index is 0.184. The van der Waals surface area contributed by atoms with Gasteiger partial charge < -0.3 is 20.1 Å². The van der Waals surface area contributed by atoms with Crippen molar-refractivity contribution in [3.05, 3.63) is 35.4 Å². The van der Waals surface area contributed by atoms with Crippen molar-refractivity contribution in [3.63, 3.8) is 0 Å². The summed E-state index contributed by atoms with van der Waals surface area (Å²) in [6.07, 6.45) is -0.423. The van der Waals surface area contributed by atoms with Crippen LogP contribution in [0.25, 0.3) is 0 Å². The van der Waals surface area contributed by atoms with Crippen LogP contribution in [-0.4, -0.2) is 56.9 Å². The van der Waals surface area contributed by atoms with E-state index in [1.807, 2.05) is 38.1 Å². The summed E-state index contributed by atoms with van der Waals surface area (Å²) in [5.74, 6) is -1.43. The van der Waals surface area contributed by atoms with Crippen LogP contribution < -0.4 is 15.4 Å². The fraction of sp³-hybridized carbons (Fsp3) is 0.591. The summed E-state index contributed by atoms with van der Waals surface area (Å²) < 4.78 is 36.6. The molecule has 0 bridgehead atoms. The number of unbranched alkanes of at least 4 members (excludes halogenated alkanes) is 1. The molecule has 11 heteroatoms.